The molecule has 0 bridgehead atoms. The Bertz CT molecular complexity index is 1020. The molecule has 36 heavy (non-hydrogen) atoms. The van der Waals surface area contributed by atoms with Gasteiger partial charge in [-0.25, -0.2) is 9.59 Å². The predicted molar refractivity (Wildman–Crippen MR) is 105 cm³/mol. The van der Waals surface area contributed by atoms with E-state index in [1.807, 2.05) is 0 Å². The summed E-state index contributed by atoms with van der Waals surface area (Å²) in [6.45, 7) is -2.09. The number of aliphatic hydroxyl groups excluding tert-OH is 2. The van der Waals surface area contributed by atoms with E-state index in [1.165, 1.54) is 0 Å². The van der Waals surface area contributed by atoms with Crippen molar-refractivity contribution in [3.63, 3.8) is 0 Å². The SMILES string of the molecule is O=C(COC(=O)C(O)C(O)C(=O)OCC(=O)c1ccc(C(F)(F)F)cc1)c1ccc(C(F)(F)F)cc1. The van der Waals surface area contributed by atoms with Crippen LogP contribution in [0, 0.1) is 0 Å². The number of carbonyl (C=O) groups is 4. The third-order valence-electron chi connectivity index (χ3n) is 4.54. The number of aliphatic hydroxyl groups is 2. The van der Waals surface area contributed by atoms with Gasteiger partial charge in [-0.05, 0) is 24.3 Å². The average molecular weight is 522 g/mol. The Balaban J connectivity index is 1.85. The van der Waals surface area contributed by atoms with Crippen LogP contribution in [0.25, 0.3) is 0 Å². The van der Waals surface area contributed by atoms with E-state index in [4.69, 9.17) is 0 Å². The number of rotatable bonds is 9. The highest BCUT2D eigenvalue weighted by Crippen LogP contribution is 2.30. The Kier molecular flexibility index (Phi) is 8.94. The lowest BCUT2D eigenvalue weighted by Gasteiger charge is -2.15. The van der Waals surface area contributed by atoms with Crippen LogP contribution in [0.5, 0.6) is 0 Å². The second-order valence-corrected chi connectivity index (χ2v) is 7.10. The summed E-state index contributed by atoms with van der Waals surface area (Å²) in [4.78, 5) is 47.4. The summed E-state index contributed by atoms with van der Waals surface area (Å²) in [5.41, 5.74) is -2.56. The van der Waals surface area contributed by atoms with Gasteiger partial charge in [0.2, 0.25) is 0 Å². The quantitative estimate of drug-likeness (QED) is 0.292. The Morgan fingerprint density at radius 3 is 1.14 bits per heavy atom. The molecule has 0 saturated carbocycles. The third-order valence-corrected chi connectivity index (χ3v) is 4.54. The van der Waals surface area contributed by atoms with Gasteiger partial charge in [0.15, 0.2) is 37.0 Å². The van der Waals surface area contributed by atoms with E-state index < -0.39 is 72.4 Å². The second-order valence-electron chi connectivity index (χ2n) is 7.10. The van der Waals surface area contributed by atoms with Gasteiger partial charge >= 0.3 is 24.3 Å². The number of alkyl halides is 6. The van der Waals surface area contributed by atoms with Crippen LogP contribution in [0.3, 0.4) is 0 Å². The normalized spacial score (nSPS) is 13.4. The number of ether oxygens (including phenoxy) is 2. The molecular weight excluding hydrogens is 506 g/mol. The summed E-state index contributed by atoms with van der Waals surface area (Å²) in [6, 6.07) is 5.80. The first kappa shape index (κ1) is 28.5. The molecule has 14 heteroatoms. The highest BCUT2D eigenvalue weighted by Gasteiger charge is 2.34. The van der Waals surface area contributed by atoms with E-state index in [9.17, 15) is 55.7 Å². The summed E-state index contributed by atoms with van der Waals surface area (Å²) in [7, 11) is 0. The van der Waals surface area contributed by atoms with Crippen molar-refractivity contribution >= 4 is 23.5 Å². The molecule has 2 N–H and O–H groups in total. The van der Waals surface area contributed by atoms with Gasteiger partial charge < -0.3 is 19.7 Å². The van der Waals surface area contributed by atoms with E-state index in [1.54, 1.807) is 0 Å². The molecule has 0 radical (unpaired) electrons. The number of benzene rings is 2. The van der Waals surface area contributed by atoms with Crippen molar-refractivity contribution in [3.8, 4) is 0 Å². The molecule has 0 fully saturated rings. The highest BCUT2D eigenvalue weighted by atomic mass is 19.4. The van der Waals surface area contributed by atoms with Gasteiger partial charge in [0.25, 0.3) is 0 Å². The monoisotopic (exact) mass is 522 g/mol. The zero-order valence-corrected chi connectivity index (χ0v) is 17.8. The lowest BCUT2D eigenvalue weighted by molar-refractivity contribution is -0.171. The topological polar surface area (TPSA) is 127 Å². The minimum absolute atomic E-state index is 0.257. The van der Waals surface area contributed by atoms with Crippen molar-refractivity contribution in [3.05, 3.63) is 70.8 Å². The molecule has 8 nitrogen and oxygen atoms in total. The summed E-state index contributed by atoms with van der Waals surface area (Å²) < 4.78 is 84.1. The molecule has 0 aromatic heterocycles. The van der Waals surface area contributed by atoms with Crippen molar-refractivity contribution in [1.82, 2.24) is 0 Å². The Hall–Kier alpha value is -3.78. The predicted octanol–water partition coefficient (Wildman–Crippen LogP) is 2.60. The van der Waals surface area contributed by atoms with E-state index in [-0.39, 0.29) is 11.1 Å². The van der Waals surface area contributed by atoms with Crippen molar-refractivity contribution in [1.29, 1.82) is 0 Å². The molecule has 0 spiro atoms. The van der Waals surface area contributed by atoms with Crippen molar-refractivity contribution in [2.45, 2.75) is 24.6 Å². The molecule has 2 atom stereocenters. The maximum Gasteiger partial charge on any atom is 0.416 e. The fraction of sp³-hybridized carbons (Fsp3) is 0.273. The molecule has 2 aromatic carbocycles. The first-order chi connectivity index (χ1) is 16.6. The summed E-state index contributed by atoms with van der Waals surface area (Å²) in [5.74, 6) is -5.23. The summed E-state index contributed by atoms with van der Waals surface area (Å²) >= 11 is 0. The molecular formula is C22H16F6O8. The fourth-order valence-electron chi connectivity index (χ4n) is 2.56. The maximum absolute atomic E-state index is 12.5. The van der Waals surface area contributed by atoms with Crippen LogP contribution in [0.4, 0.5) is 26.3 Å². The lowest BCUT2D eigenvalue weighted by atomic mass is 10.1. The molecule has 194 valence electrons. The van der Waals surface area contributed by atoms with Crippen LogP contribution in [0.15, 0.2) is 48.5 Å². The number of esters is 2. The van der Waals surface area contributed by atoms with E-state index in [0.717, 1.165) is 24.3 Å². The zero-order valence-electron chi connectivity index (χ0n) is 17.8. The largest absolute Gasteiger partial charge is 0.455 e. The van der Waals surface area contributed by atoms with E-state index >= 15 is 0 Å². The molecule has 0 saturated heterocycles. The van der Waals surface area contributed by atoms with Crippen LogP contribution in [0.2, 0.25) is 0 Å². The van der Waals surface area contributed by atoms with Crippen molar-refractivity contribution < 1.29 is 65.2 Å². The minimum atomic E-state index is -4.63. The van der Waals surface area contributed by atoms with Crippen LogP contribution in [-0.2, 0) is 31.4 Å². The summed E-state index contributed by atoms with van der Waals surface area (Å²) in [6.07, 6.45) is -14.4. The number of hydrogen-bond acceptors (Lipinski definition) is 8. The first-order valence-electron chi connectivity index (χ1n) is 9.71. The molecule has 0 heterocycles. The lowest BCUT2D eigenvalue weighted by Crippen LogP contribution is -2.42. The van der Waals surface area contributed by atoms with Crippen LogP contribution >= 0.6 is 0 Å². The molecule has 0 aliphatic heterocycles. The molecule has 0 aliphatic rings. The number of hydrogen-bond donors (Lipinski definition) is 2. The number of halogens is 6. The Labute approximate surface area is 198 Å². The second kappa shape index (κ2) is 11.3. The number of ketones is 2. The molecule has 2 aromatic rings. The van der Waals surface area contributed by atoms with Crippen LogP contribution < -0.4 is 0 Å². The van der Waals surface area contributed by atoms with Gasteiger partial charge in [-0.1, -0.05) is 24.3 Å². The number of Topliss-reactive ketones (excluding diaryl/α,β-unsaturated/α-hetero) is 2. The first-order valence-corrected chi connectivity index (χ1v) is 9.71. The maximum atomic E-state index is 12.5. The van der Waals surface area contributed by atoms with Crippen LogP contribution in [0.1, 0.15) is 31.8 Å². The Morgan fingerprint density at radius 2 is 0.889 bits per heavy atom. The van der Waals surface area contributed by atoms with Gasteiger partial charge in [0, 0.05) is 11.1 Å². The van der Waals surface area contributed by atoms with Gasteiger partial charge in [0.05, 0.1) is 11.1 Å². The van der Waals surface area contributed by atoms with E-state index in [2.05, 4.69) is 9.47 Å². The van der Waals surface area contributed by atoms with Crippen molar-refractivity contribution in [2.24, 2.45) is 0 Å². The third kappa shape index (κ3) is 7.61. The van der Waals surface area contributed by atoms with Gasteiger partial charge in [-0.15, -0.1) is 0 Å². The van der Waals surface area contributed by atoms with Crippen LogP contribution in [-0.4, -0.2) is 59.1 Å². The Morgan fingerprint density at radius 1 is 0.611 bits per heavy atom. The zero-order chi connectivity index (χ0) is 27.3. The van der Waals surface area contributed by atoms with E-state index in [0.29, 0.717) is 24.3 Å². The molecule has 2 rings (SSSR count). The highest BCUT2D eigenvalue weighted by molar-refractivity contribution is 5.99. The average Bonchev–Trinajstić information content (AvgIpc) is 2.83. The molecule has 2 unspecified atom stereocenters. The smallest absolute Gasteiger partial charge is 0.416 e. The van der Waals surface area contributed by atoms with Gasteiger partial charge in [-0.2, -0.15) is 26.3 Å². The molecule has 0 aliphatic carbocycles. The fourth-order valence-corrected chi connectivity index (χ4v) is 2.56. The minimum Gasteiger partial charge on any atom is -0.455 e. The standard InChI is InChI=1S/C22H16F6O8/c23-21(24,25)13-5-1-11(2-6-13)15(29)9-35-19(33)17(31)18(32)20(34)36-10-16(30)12-3-7-14(8-4-12)22(26,27)28/h1-8,17-18,31-32H,9-10H2. The summed E-state index contributed by atoms with van der Waals surface area (Å²) in [5, 5.41) is 19.4. The van der Waals surface area contributed by atoms with Crippen molar-refractivity contribution in [2.75, 3.05) is 13.2 Å². The van der Waals surface area contributed by atoms with Gasteiger partial charge in [-0.3, -0.25) is 9.59 Å². The van der Waals surface area contributed by atoms with Gasteiger partial charge in [0.1, 0.15) is 0 Å². The number of carbonyl (C=O) groups excluding carboxylic acids is 4. The molecule has 0 amide bonds.